The summed E-state index contributed by atoms with van der Waals surface area (Å²) in [5.41, 5.74) is 8.27. The van der Waals surface area contributed by atoms with E-state index in [1.807, 2.05) is 6.07 Å². The summed E-state index contributed by atoms with van der Waals surface area (Å²) in [5.74, 6) is 0. The fraction of sp³-hybridized carbons (Fsp3) is 0.0370. The summed E-state index contributed by atoms with van der Waals surface area (Å²) in [6.07, 6.45) is 2.25. The lowest BCUT2D eigenvalue weighted by Gasteiger charge is -2.11. The molecule has 4 aromatic rings. The first kappa shape index (κ1) is 17.8. The van der Waals surface area contributed by atoms with Crippen molar-refractivity contribution in [3.8, 4) is 0 Å². The molecule has 0 spiro atoms. The Bertz CT molecular complexity index is 1040. The molecule has 0 bridgehead atoms. The standard InChI is InChI=1S/C27H23N/c1-21-12-16-25(17-13-21)28-26-18-14-24(15-19-26)27(23-10-6-3-7-11-23)20-22-8-4-2-5-9-22/h2-20,28H,1H3. The number of nitrogens with one attached hydrogen (secondary N) is 1. The molecule has 0 unspecified atom stereocenters. The van der Waals surface area contributed by atoms with Gasteiger partial charge in [0.25, 0.3) is 0 Å². The van der Waals surface area contributed by atoms with Crippen LogP contribution in [0.3, 0.4) is 0 Å². The molecule has 0 radical (unpaired) electrons. The molecule has 28 heavy (non-hydrogen) atoms. The van der Waals surface area contributed by atoms with Gasteiger partial charge in [-0.25, -0.2) is 0 Å². The van der Waals surface area contributed by atoms with Crippen molar-refractivity contribution in [2.24, 2.45) is 0 Å². The van der Waals surface area contributed by atoms with Gasteiger partial charge >= 0.3 is 0 Å². The SMILES string of the molecule is Cc1ccc(Nc2ccc(C(=Cc3ccccc3)c3ccccc3)cc2)cc1. The summed E-state index contributed by atoms with van der Waals surface area (Å²) in [6.45, 7) is 2.10. The molecule has 4 aromatic carbocycles. The van der Waals surface area contributed by atoms with Gasteiger partial charge < -0.3 is 5.32 Å². The highest BCUT2D eigenvalue weighted by atomic mass is 14.9. The first-order valence-electron chi connectivity index (χ1n) is 9.54. The van der Waals surface area contributed by atoms with Gasteiger partial charge in [0.05, 0.1) is 0 Å². The zero-order chi connectivity index (χ0) is 19.2. The Hall–Kier alpha value is -3.58. The van der Waals surface area contributed by atoms with Crippen LogP contribution >= 0.6 is 0 Å². The Labute approximate surface area is 167 Å². The smallest absolute Gasteiger partial charge is 0.0384 e. The number of aryl methyl sites for hydroxylation is 1. The van der Waals surface area contributed by atoms with Crippen LogP contribution in [-0.2, 0) is 0 Å². The van der Waals surface area contributed by atoms with E-state index < -0.39 is 0 Å². The van der Waals surface area contributed by atoms with E-state index in [0.717, 1.165) is 11.4 Å². The molecule has 0 saturated carbocycles. The van der Waals surface area contributed by atoms with Crippen LogP contribution in [0.1, 0.15) is 22.3 Å². The van der Waals surface area contributed by atoms with Crippen molar-refractivity contribution in [2.75, 3.05) is 5.32 Å². The molecular weight excluding hydrogens is 338 g/mol. The molecule has 0 amide bonds. The Balaban J connectivity index is 1.65. The van der Waals surface area contributed by atoms with Gasteiger partial charge in [0.2, 0.25) is 0 Å². The van der Waals surface area contributed by atoms with Crippen LogP contribution in [0.5, 0.6) is 0 Å². The van der Waals surface area contributed by atoms with E-state index in [2.05, 4.69) is 121 Å². The van der Waals surface area contributed by atoms with E-state index in [4.69, 9.17) is 0 Å². The molecule has 0 aliphatic carbocycles. The molecule has 0 aromatic heterocycles. The van der Waals surface area contributed by atoms with Crippen molar-refractivity contribution in [1.29, 1.82) is 0 Å². The quantitative estimate of drug-likeness (QED) is 0.367. The second-order valence-electron chi connectivity index (χ2n) is 6.90. The van der Waals surface area contributed by atoms with Crippen LogP contribution in [0, 0.1) is 6.92 Å². The number of anilines is 2. The zero-order valence-corrected chi connectivity index (χ0v) is 16.0. The van der Waals surface area contributed by atoms with Crippen LogP contribution in [0.15, 0.2) is 109 Å². The first-order chi connectivity index (χ1) is 13.8. The highest BCUT2D eigenvalue weighted by Crippen LogP contribution is 2.28. The normalized spacial score (nSPS) is 11.2. The highest BCUT2D eigenvalue weighted by molar-refractivity contribution is 5.91. The molecule has 1 N–H and O–H groups in total. The zero-order valence-electron chi connectivity index (χ0n) is 16.0. The number of benzene rings is 4. The van der Waals surface area contributed by atoms with Crippen molar-refractivity contribution >= 4 is 23.0 Å². The Kier molecular flexibility index (Phi) is 5.35. The Morgan fingerprint density at radius 2 is 1.07 bits per heavy atom. The van der Waals surface area contributed by atoms with Crippen LogP contribution in [0.4, 0.5) is 11.4 Å². The summed E-state index contributed by atoms with van der Waals surface area (Å²) >= 11 is 0. The first-order valence-corrected chi connectivity index (χ1v) is 9.54. The fourth-order valence-corrected chi connectivity index (χ4v) is 3.20. The minimum Gasteiger partial charge on any atom is -0.356 e. The van der Waals surface area contributed by atoms with Crippen LogP contribution in [0.25, 0.3) is 11.6 Å². The molecule has 0 aliphatic heterocycles. The third-order valence-corrected chi connectivity index (χ3v) is 4.73. The third-order valence-electron chi connectivity index (χ3n) is 4.73. The van der Waals surface area contributed by atoms with Crippen LogP contribution in [0.2, 0.25) is 0 Å². The summed E-state index contributed by atoms with van der Waals surface area (Å²) in [4.78, 5) is 0. The predicted molar refractivity (Wildman–Crippen MR) is 121 cm³/mol. The largest absolute Gasteiger partial charge is 0.356 e. The van der Waals surface area contributed by atoms with Crippen molar-refractivity contribution in [1.82, 2.24) is 0 Å². The van der Waals surface area contributed by atoms with Gasteiger partial charge in [0.15, 0.2) is 0 Å². The molecule has 1 heteroatoms. The second kappa shape index (κ2) is 8.41. The van der Waals surface area contributed by atoms with Gasteiger partial charge in [-0.1, -0.05) is 90.5 Å². The molecule has 0 fully saturated rings. The second-order valence-corrected chi connectivity index (χ2v) is 6.90. The van der Waals surface area contributed by atoms with Crippen molar-refractivity contribution < 1.29 is 0 Å². The summed E-state index contributed by atoms with van der Waals surface area (Å²) in [6, 6.07) is 38.1. The summed E-state index contributed by atoms with van der Waals surface area (Å²) < 4.78 is 0. The number of hydrogen-bond acceptors (Lipinski definition) is 1. The van der Waals surface area contributed by atoms with E-state index in [9.17, 15) is 0 Å². The fourth-order valence-electron chi connectivity index (χ4n) is 3.20. The molecule has 4 rings (SSSR count). The maximum absolute atomic E-state index is 3.47. The average Bonchev–Trinajstić information content (AvgIpc) is 2.76. The van der Waals surface area contributed by atoms with Gasteiger partial charge in [-0.3, -0.25) is 0 Å². The van der Waals surface area contributed by atoms with Crippen molar-refractivity contribution in [2.45, 2.75) is 6.92 Å². The van der Waals surface area contributed by atoms with Gasteiger partial charge in [0, 0.05) is 11.4 Å². The van der Waals surface area contributed by atoms with Crippen LogP contribution < -0.4 is 5.32 Å². The lowest BCUT2D eigenvalue weighted by Crippen LogP contribution is -1.92. The third kappa shape index (κ3) is 4.39. The van der Waals surface area contributed by atoms with Gasteiger partial charge in [0.1, 0.15) is 0 Å². The minimum atomic E-state index is 1.08. The van der Waals surface area contributed by atoms with Gasteiger partial charge in [-0.15, -0.1) is 0 Å². The molecule has 1 nitrogen and oxygen atoms in total. The Morgan fingerprint density at radius 3 is 1.68 bits per heavy atom. The topological polar surface area (TPSA) is 12.0 Å². The lowest BCUT2D eigenvalue weighted by molar-refractivity contribution is 1.45. The molecular formula is C27H23N. The van der Waals surface area contributed by atoms with E-state index >= 15 is 0 Å². The molecule has 0 saturated heterocycles. The van der Waals surface area contributed by atoms with Gasteiger partial charge in [-0.2, -0.15) is 0 Å². The minimum absolute atomic E-state index is 1.08. The summed E-state index contributed by atoms with van der Waals surface area (Å²) in [7, 11) is 0. The van der Waals surface area contributed by atoms with Crippen molar-refractivity contribution in [3.05, 3.63) is 131 Å². The molecule has 0 heterocycles. The van der Waals surface area contributed by atoms with E-state index in [1.165, 1.54) is 27.8 Å². The number of hydrogen-bond donors (Lipinski definition) is 1. The molecule has 0 atom stereocenters. The molecule has 136 valence electrons. The summed E-state index contributed by atoms with van der Waals surface area (Å²) in [5, 5.41) is 3.47. The lowest BCUT2D eigenvalue weighted by atomic mass is 9.95. The van der Waals surface area contributed by atoms with Crippen molar-refractivity contribution in [3.63, 3.8) is 0 Å². The maximum Gasteiger partial charge on any atom is 0.0384 e. The average molecular weight is 361 g/mol. The Morgan fingerprint density at radius 1 is 0.571 bits per heavy atom. The van der Waals surface area contributed by atoms with E-state index in [0.29, 0.717) is 0 Å². The number of rotatable bonds is 5. The predicted octanol–water partition coefficient (Wildman–Crippen LogP) is 7.33. The van der Waals surface area contributed by atoms with E-state index in [1.54, 1.807) is 0 Å². The van der Waals surface area contributed by atoms with Crippen LogP contribution in [-0.4, -0.2) is 0 Å². The molecule has 0 aliphatic rings. The monoisotopic (exact) mass is 361 g/mol. The maximum atomic E-state index is 3.47. The van der Waals surface area contributed by atoms with E-state index in [-0.39, 0.29) is 0 Å². The van der Waals surface area contributed by atoms with Gasteiger partial charge in [-0.05, 0) is 59.5 Å². The highest BCUT2D eigenvalue weighted by Gasteiger charge is 2.06.